The normalized spacial score (nSPS) is 43.8. The second-order valence-electron chi connectivity index (χ2n) is 18.1. The molecule has 8 unspecified atom stereocenters. The van der Waals surface area contributed by atoms with E-state index in [1.54, 1.807) is 49.5 Å². The highest BCUT2D eigenvalue weighted by Crippen LogP contribution is 2.38. The van der Waals surface area contributed by atoms with Crippen LogP contribution in [-0.2, 0) is 28.5 Å². The van der Waals surface area contributed by atoms with Gasteiger partial charge in [0.25, 0.3) is 0 Å². The van der Waals surface area contributed by atoms with E-state index in [4.69, 9.17) is 24.7 Å². The van der Waals surface area contributed by atoms with E-state index < -0.39 is 135 Å². The van der Waals surface area contributed by atoms with Crippen molar-refractivity contribution in [2.45, 2.75) is 182 Å². The highest BCUT2D eigenvalue weighted by Gasteiger charge is 2.51. The molecule has 372 valence electrons. The minimum atomic E-state index is -2.23. The van der Waals surface area contributed by atoms with Crippen molar-refractivity contribution in [1.82, 2.24) is 5.32 Å². The van der Waals surface area contributed by atoms with Crippen molar-refractivity contribution >= 4 is 11.9 Å². The van der Waals surface area contributed by atoms with Crippen molar-refractivity contribution in [1.29, 1.82) is 0 Å². The molecule has 0 aromatic carbocycles. The lowest BCUT2D eigenvalue weighted by atomic mass is 9.82. The van der Waals surface area contributed by atoms with Crippen LogP contribution in [0.4, 0.5) is 0 Å². The molecule has 2 bridgehead atoms. The molecule has 1 saturated carbocycles. The summed E-state index contributed by atoms with van der Waals surface area (Å²) in [5.74, 6) is -4.92. The van der Waals surface area contributed by atoms with Gasteiger partial charge in [0.05, 0.1) is 86.0 Å². The minimum absolute atomic E-state index is 0.0807. The van der Waals surface area contributed by atoms with Crippen molar-refractivity contribution in [2.75, 3.05) is 6.61 Å². The van der Waals surface area contributed by atoms with E-state index in [0.717, 1.165) is 12.8 Å². The van der Waals surface area contributed by atoms with E-state index in [1.165, 1.54) is 0 Å². The van der Waals surface area contributed by atoms with Gasteiger partial charge in [0.2, 0.25) is 5.91 Å². The summed E-state index contributed by atoms with van der Waals surface area (Å²) in [4.78, 5) is 26.1. The Hall–Kier alpha value is -3.44. The second-order valence-corrected chi connectivity index (χ2v) is 18.1. The average Bonchev–Trinajstić information content (AvgIpc) is 4.05. The smallest absolute Gasteiger partial charge is 0.308 e. The lowest BCUT2D eigenvalue weighted by Crippen LogP contribution is -2.59. The number of hydrogen-bond donors (Lipinski definition) is 12. The van der Waals surface area contributed by atoms with Crippen LogP contribution in [0.2, 0.25) is 0 Å². The zero-order chi connectivity index (χ0) is 48.4. The quantitative estimate of drug-likeness (QED) is 0.168. The maximum Gasteiger partial charge on any atom is 0.308 e. The summed E-state index contributed by atoms with van der Waals surface area (Å²) in [6.45, 7) is 3.23. The van der Waals surface area contributed by atoms with Crippen LogP contribution in [0.15, 0.2) is 85.1 Å². The van der Waals surface area contributed by atoms with Crippen LogP contribution in [0, 0.1) is 11.8 Å². The highest BCUT2D eigenvalue weighted by molar-refractivity contribution is 5.80. The molecule has 0 aromatic heterocycles. The number of nitrogens with two attached hydrogens (primary N) is 1. The third-order valence-corrected chi connectivity index (χ3v) is 12.0. The predicted molar refractivity (Wildman–Crippen MR) is 241 cm³/mol. The lowest BCUT2D eigenvalue weighted by Gasteiger charge is -2.45. The first-order valence-electron chi connectivity index (χ1n) is 23.1. The monoisotopic (exact) mass is 935 g/mol. The van der Waals surface area contributed by atoms with Gasteiger partial charge in [-0.1, -0.05) is 92.0 Å². The van der Waals surface area contributed by atoms with Gasteiger partial charge in [-0.05, 0) is 39.0 Å². The van der Waals surface area contributed by atoms with Crippen LogP contribution in [-0.4, -0.2) is 167 Å². The van der Waals surface area contributed by atoms with Gasteiger partial charge < -0.3 is 81.1 Å². The summed E-state index contributed by atoms with van der Waals surface area (Å²) in [7, 11) is 0. The van der Waals surface area contributed by atoms with E-state index >= 15 is 0 Å². The van der Waals surface area contributed by atoms with Crippen LogP contribution in [0.3, 0.4) is 0 Å². The Kier molecular flexibility index (Phi) is 23.0. The van der Waals surface area contributed by atoms with Gasteiger partial charge in [-0.25, -0.2) is 0 Å². The molecule has 0 radical (unpaired) electrons. The summed E-state index contributed by atoms with van der Waals surface area (Å²) in [5, 5.41) is 111. The topological polar surface area (TPSA) is 311 Å². The van der Waals surface area contributed by atoms with Crippen molar-refractivity contribution in [3.63, 3.8) is 0 Å². The number of aliphatic hydroxyl groups is 10. The van der Waals surface area contributed by atoms with Crippen molar-refractivity contribution < 1.29 is 79.6 Å². The van der Waals surface area contributed by atoms with E-state index in [1.807, 2.05) is 49.5 Å². The number of esters is 1. The minimum Gasteiger partial charge on any atom is -0.462 e. The zero-order valence-electron chi connectivity index (χ0n) is 37.9. The third kappa shape index (κ3) is 19.3. The van der Waals surface area contributed by atoms with Crippen molar-refractivity contribution in [3.8, 4) is 0 Å². The number of aliphatic hydroxyl groups excluding tert-OH is 9. The number of hydrogen-bond acceptors (Lipinski definition) is 17. The van der Waals surface area contributed by atoms with E-state index in [9.17, 15) is 60.7 Å². The van der Waals surface area contributed by atoms with Gasteiger partial charge in [-0.3, -0.25) is 9.59 Å². The number of rotatable bonds is 4. The molecule has 4 rings (SSSR count). The maximum absolute atomic E-state index is 13.6. The highest BCUT2D eigenvalue weighted by atomic mass is 16.7. The SMILES string of the molecule is C[C@H]1C[C@H](O)[C@@H](C)/C=C/C=C/C=C/C=C/C=C/C=C/C=C/C(O[C@@H]2OC[C@@H](O)[C@H](N)[C@@H]2O)C[C@@H]2OC(O)(CC(O)CC(O)C(O)CCC(O)CC(O)CC(=O)O1)C[C@H](O)C2C(=O)NC1CC1. The number of allylic oxidation sites excluding steroid dienone is 12. The Morgan fingerprint density at radius 1 is 0.682 bits per heavy atom. The lowest BCUT2D eigenvalue weighted by molar-refractivity contribution is -0.304. The number of nitrogens with one attached hydrogen (secondary N) is 1. The third-order valence-electron chi connectivity index (χ3n) is 12.0. The van der Waals surface area contributed by atoms with Crippen LogP contribution in [0.25, 0.3) is 0 Å². The molecule has 0 aromatic rings. The number of carbonyl (C=O) groups excluding carboxylic acids is 2. The first-order valence-corrected chi connectivity index (χ1v) is 23.1. The molecule has 17 atom stereocenters. The Bertz CT molecular complexity index is 1700. The molecule has 3 heterocycles. The molecule has 66 heavy (non-hydrogen) atoms. The fourth-order valence-electron chi connectivity index (χ4n) is 8.04. The summed E-state index contributed by atoms with van der Waals surface area (Å²) in [6.07, 6.45) is 7.93. The van der Waals surface area contributed by atoms with Gasteiger partial charge in [-0.15, -0.1) is 0 Å². The number of amides is 1. The molecule has 3 fully saturated rings. The van der Waals surface area contributed by atoms with Gasteiger partial charge in [0.15, 0.2) is 12.1 Å². The molecule has 3 aliphatic heterocycles. The molecule has 18 heteroatoms. The van der Waals surface area contributed by atoms with Crippen LogP contribution in [0.5, 0.6) is 0 Å². The summed E-state index contributed by atoms with van der Waals surface area (Å²) in [6, 6.07) is -1.17. The second kappa shape index (κ2) is 27.5. The summed E-state index contributed by atoms with van der Waals surface area (Å²) in [5.41, 5.74) is 6.00. The van der Waals surface area contributed by atoms with E-state index in [-0.39, 0.29) is 50.7 Å². The molecule has 13 N–H and O–H groups in total. The molecule has 2 saturated heterocycles. The molecule has 0 spiro atoms. The number of fused-ring (bicyclic) bond motifs is 2. The largest absolute Gasteiger partial charge is 0.462 e. The van der Waals surface area contributed by atoms with E-state index in [2.05, 4.69) is 5.32 Å². The Morgan fingerprint density at radius 2 is 1.29 bits per heavy atom. The van der Waals surface area contributed by atoms with Crippen molar-refractivity contribution in [2.24, 2.45) is 17.6 Å². The fraction of sp³-hybridized carbons (Fsp3) is 0.667. The number of cyclic esters (lactones) is 1. The average molecular weight is 935 g/mol. The van der Waals surface area contributed by atoms with Gasteiger partial charge in [-0.2, -0.15) is 0 Å². The first-order chi connectivity index (χ1) is 31.3. The maximum atomic E-state index is 13.6. The molecular formula is C48H74N2O16. The molecule has 1 amide bonds. The van der Waals surface area contributed by atoms with Crippen LogP contribution < -0.4 is 11.1 Å². The van der Waals surface area contributed by atoms with Gasteiger partial charge in [0.1, 0.15) is 12.2 Å². The molecule has 1 aliphatic carbocycles. The Labute approximate surface area is 387 Å². The Morgan fingerprint density at radius 3 is 1.91 bits per heavy atom. The van der Waals surface area contributed by atoms with E-state index in [0.29, 0.717) is 0 Å². The van der Waals surface area contributed by atoms with Gasteiger partial charge >= 0.3 is 5.97 Å². The predicted octanol–water partition coefficient (Wildman–Crippen LogP) is 0.271. The van der Waals surface area contributed by atoms with Gasteiger partial charge in [0, 0.05) is 44.1 Å². The Balaban J connectivity index is 1.55. The molecule has 4 aliphatic rings. The number of carbonyl (C=O) groups is 2. The molecule has 18 nitrogen and oxygen atoms in total. The van der Waals surface area contributed by atoms with Crippen molar-refractivity contribution in [3.05, 3.63) is 85.1 Å². The number of ether oxygens (including phenoxy) is 4. The standard InChI is InChI=1S/C48H74N2O16/c1-29-15-13-11-9-7-5-3-4-6-8-10-12-14-16-35(65-47-45(60)44(49)40(58)28-63-47)25-41-43(46(61)50-31-17-18-31)39(57)27-48(62,66-41)26-34(53)23-38(56)36(54)20-19-32(51)22-33(52)24-42(59)64-30(2)21-37(29)55/h3-16,29-41,43-45,47,51-58,60,62H,17-28,49H2,1-2H3,(H,50,61)/b4-3+,7-5+,8-6+,11-9+,12-10+,15-13+,16-14+/t29-,30-,32?,33?,34?,35?,36?,37-,38?,39-,40+,41-,43?,44-,45-,47-,48?/m0/s1. The summed E-state index contributed by atoms with van der Waals surface area (Å²) >= 11 is 0. The van der Waals surface area contributed by atoms with Crippen LogP contribution in [0.1, 0.15) is 84.5 Å². The van der Waals surface area contributed by atoms with Crippen LogP contribution >= 0.6 is 0 Å². The fourth-order valence-corrected chi connectivity index (χ4v) is 8.04. The molecular weight excluding hydrogens is 861 g/mol. The summed E-state index contributed by atoms with van der Waals surface area (Å²) < 4.78 is 23.3. The zero-order valence-corrected chi connectivity index (χ0v) is 37.9. The first kappa shape index (κ1) is 55.2.